The lowest BCUT2D eigenvalue weighted by atomic mass is 10.1. The van der Waals surface area contributed by atoms with Crippen LogP contribution in [0.5, 0.6) is 0 Å². The van der Waals surface area contributed by atoms with Gasteiger partial charge < -0.3 is 15.3 Å². The van der Waals surface area contributed by atoms with Crippen molar-refractivity contribution in [3.8, 4) is 0 Å². The van der Waals surface area contributed by atoms with Crippen LogP contribution in [0, 0.1) is 0 Å². The maximum absolute atomic E-state index is 12.5. The van der Waals surface area contributed by atoms with Crippen LogP contribution < -0.4 is 15.5 Å². The Morgan fingerprint density at radius 2 is 2.00 bits per heavy atom. The standard InChI is InChI=1S/C14H17N3O4/c18-12-9-15-11(8-16-12)14(21)17(7-6-13(19)20)10-4-2-1-3-5-10/h1-5,11,15H,6-9H2,(H,16,18)(H,19,20). The van der Waals surface area contributed by atoms with Crippen LogP contribution in [0.1, 0.15) is 6.42 Å². The highest BCUT2D eigenvalue weighted by atomic mass is 16.4. The molecule has 2 amide bonds. The zero-order valence-electron chi connectivity index (χ0n) is 11.4. The summed E-state index contributed by atoms with van der Waals surface area (Å²) in [5.41, 5.74) is 0.641. The Labute approximate surface area is 121 Å². The molecule has 112 valence electrons. The van der Waals surface area contributed by atoms with E-state index in [2.05, 4.69) is 10.6 Å². The van der Waals surface area contributed by atoms with E-state index in [1.165, 1.54) is 4.90 Å². The van der Waals surface area contributed by atoms with E-state index in [4.69, 9.17) is 5.11 Å². The van der Waals surface area contributed by atoms with Crippen LogP contribution in [0.25, 0.3) is 0 Å². The van der Waals surface area contributed by atoms with Crippen LogP contribution in [-0.4, -0.2) is 48.6 Å². The van der Waals surface area contributed by atoms with E-state index in [-0.39, 0.29) is 37.9 Å². The number of benzene rings is 1. The van der Waals surface area contributed by atoms with Gasteiger partial charge in [-0.25, -0.2) is 0 Å². The van der Waals surface area contributed by atoms with E-state index in [9.17, 15) is 14.4 Å². The van der Waals surface area contributed by atoms with Crippen molar-refractivity contribution in [3.05, 3.63) is 30.3 Å². The summed E-state index contributed by atoms with van der Waals surface area (Å²) >= 11 is 0. The molecule has 1 aliphatic rings. The Morgan fingerprint density at radius 1 is 1.29 bits per heavy atom. The molecular formula is C14H17N3O4. The first kappa shape index (κ1) is 15.0. The van der Waals surface area contributed by atoms with Crippen LogP contribution >= 0.6 is 0 Å². The van der Waals surface area contributed by atoms with Crippen LogP contribution in [0.3, 0.4) is 0 Å². The largest absolute Gasteiger partial charge is 0.481 e. The molecule has 0 spiro atoms. The molecule has 1 fully saturated rings. The molecule has 1 saturated heterocycles. The van der Waals surface area contributed by atoms with Crippen LogP contribution in [0.15, 0.2) is 30.3 Å². The van der Waals surface area contributed by atoms with Gasteiger partial charge in [0.25, 0.3) is 0 Å². The maximum atomic E-state index is 12.5. The molecule has 0 radical (unpaired) electrons. The van der Waals surface area contributed by atoms with E-state index in [0.717, 1.165) is 0 Å². The number of carbonyl (C=O) groups excluding carboxylic acids is 2. The fourth-order valence-corrected chi connectivity index (χ4v) is 2.11. The number of carboxylic acid groups (broad SMARTS) is 1. The Kier molecular flexibility index (Phi) is 4.89. The number of rotatable bonds is 5. The highest BCUT2D eigenvalue weighted by molar-refractivity contribution is 5.99. The summed E-state index contributed by atoms with van der Waals surface area (Å²) in [7, 11) is 0. The number of nitrogens with zero attached hydrogens (tertiary/aromatic N) is 1. The molecule has 2 rings (SSSR count). The topological polar surface area (TPSA) is 98.7 Å². The molecular weight excluding hydrogens is 274 g/mol. The van der Waals surface area contributed by atoms with Crippen molar-refractivity contribution in [2.75, 3.05) is 24.5 Å². The third kappa shape index (κ3) is 4.03. The normalized spacial score (nSPS) is 17.9. The zero-order valence-corrected chi connectivity index (χ0v) is 11.4. The number of hydrogen-bond acceptors (Lipinski definition) is 4. The number of hydrogen-bond donors (Lipinski definition) is 3. The van der Waals surface area contributed by atoms with Gasteiger partial charge in [-0.15, -0.1) is 0 Å². The quantitative estimate of drug-likeness (QED) is 0.684. The van der Waals surface area contributed by atoms with Crippen molar-refractivity contribution in [2.45, 2.75) is 12.5 Å². The monoisotopic (exact) mass is 291 g/mol. The van der Waals surface area contributed by atoms with E-state index >= 15 is 0 Å². The Balaban J connectivity index is 2.12. The lowest BCUT2D eigenvalue weighted by molar-refractivity contribution is -0.136. The molecule has 21 heavy (non-hydrogen) atoms. The van der Waals surface area contributed by atoms with Gasteiger partial charge in [0.15, 0.2) is 0 Å². The van der Waals surface area contributed by atoms with E-state index in [0.29, 0.717) is 5.69 Å². The lowest BCUT2D eigenvalue weighted by Crippen LogP contribution is -2.59. The van der Waals surface area contributed by atoms with Crippen LogP contribution in [0.2, 0.25) is 0 Å². The highest BCUT2D eigenvalue weighted by Gasteiger charge is 2.28. The van der Waals surface area contributed by atoms with E-state index in [1.807, 2.05) is 6.07 Å². The molecule has 1 heterocycles. The predicted molar refractivity (Wildman–Crippen MR) is 75.8 cm³/mol. The molecule has 1 atom stereocenters. The molecule has 0 saturated carbocycles. The van der Waals surface area contributed by atoms with Gasteiger partial charge in [-0.2, -0.15) is 0 Å². The molecule has 0 aliphatic carbocycles. The SMILES string of the molecule is O=C(O)CCN(C(=O)C1CNC(=O)CN1)c1ccccc1. The Bertz CT molecular complexity index is 522. The van der Waals surface area contributed by atoms with Gasteiger partial charge in [-0.1, -0.05) is 18.2 Å². The van der Waals surface area contributed by atoms with Crippen LogP contribution in [-0.2, 0) is 14.4 Å². The Morgan fingerprint density at radius 3 is 2.57 bits per heavy atom. The third-order valence-electron chi connectivity index (χ3n) is 3.19. The van der Waals surface area contributed by atoms with Gasteiger partial charge in [0.1, 0.15) is 6.04 Å². The van der Waals surface area contributed by atoms with Gasteiger partial charge in [0.05, 0.1) is 13.0 Å². The molecule has 1 aliphatic heterocycles. The second-order valence-electron chi connectivity index (χ2n) is 4.71. The molecule has 3 N–H and O–H groups in total. The predicted octanol–water partition coefficient (Wildman–Crippen LogP) is -0.418. The maximum Gasteiger partial charge on any atom is 0.305 e. The molecule has 7 heteroatoms. The third-order valence-corrected chi connectivity index (χ3v) is 3.19. The van der Waals surface area contributed by atoms with Crippen LogP contribution in [0.4, 0.5) is 5.69 Å². The molecule has 1 aromatic carbocycles. The number of nitrogens with one attached hydrogen (secondary N) is 2. The van der Waals surface area contributed by atoms with Gasteiger partial charge in [0.2, 0.25) is 11.8 Å². The van der Waals surface area contributed by atoms with Gasteiger partial charge in [-0.3, -0.25) is 19.7 Å². The number of carbonyl (C=O) groups is 3. The zero-order chi connectivity index (χ0) is 15.2. The lowest BCUT2D eigenvalue weighted by Gasteiger charge is -2.30. The van der Waals surface area contributed by atoms with E-state index in [1.54, 1.807) is 24.3 Å². The average molecular weight is 291 g/mol. The average Bonchev–Trinajstić information content (AvgIpc) is 2.49. The first-order chi connectivity index (χ1) is 10.1. The summed E-state index contributed by atoms with van der Waals surface area (Å²) in [6.07, 6.45) is -0.139. The minimum atomic E-state index is -0.964. The minimum absolute atomic E-state index is 0.0813. The smallest absolute Gasteiger partial charge is 0.305 e. The second kappa shape index (κ2) is 6.85. The molecule has 1 aromatic rings. The summed E-state index contributed by atoms with van der Waals surface area (Å²) in [4.78, 5) is 35.8. The van der Waals surface area contributed by atoms with Crippen molar-refractivity contribution in [3.63, 3.8) is 0 Å². The Hall–Kier alpha value is -2.41. The van der Waals surface area contributed by atoms with Gasteiger partial charge in [0, 0.05) is 18.8 Å². The van der Waals surface area contributed by atoms with E-state index < -0.39 is 12.0 Å². The number of amides is 2. The molecule has 0 bridgehead atoms. The summed E-state index contributed by atoms with van der Waals surface area (Å²) in [5.74, 6) is -1.37. The molecule has 0 aromatic heterocycles. The summed E-state index contributed by atoms with van der Waals surface area (Å²) in [6, 6.07) is 8.35. The summed E-state index contributed by atoms with van der Waals surface area (Å²) in [6.45, 7) is 0.371. The summed E-state index contributed by atoms with van der Waals surface area (Å²) < 4.78 is 0. The first-order valence-electron chi connectivity index (χ1n) is 6.66. The van der Waals surface area contributed by atoms with Crippen molar-refractivity contribution in [1.29, 1.82) is 0 Å². The highest BCUT2D eigenvalue weighted by Crippen LogP contribution is 2.15. The second-order valence-corrected chi connectivity index (χ2v) is 4.71. The number of aliphatic carboxylic acids is 1. The van der Waals surface area contributed by atoms with Crippen molar-refractivity contribution >= 4 is 23.5 Å². The first-order valence-corrected chi connectivity index (χ1v) is 6.66. The van der Waals surface area contributed by atoms with Crippen molar-refractivity contribution < 1.29 is 19.5 Å². The van der Waals surface area contributed by atoms with Gasteiger partial charge in [-0.05, 0) is 12.1 Å². The number of carboxylic acids is 1. The number of piperazine rings is 1. The number of anilines is 1. The van der Waals surface area contributed by atoms with Crippen molar-refractivity contribution in [2.24, 2.45) is 0 Å². The summed E-state index contributed by atoms with van der Waals surface area (Å²) in [5, 5.41) is 14.3. The van der Waals surface area contributed by atoms with Crippen molar-refractivity contribution in [1.82, 2.24) is 10.6 Å². The minimum Gasteiger partial charge on any atom is -0.481 e. The number of para-hydroxylation sites is 1. The molecule has 1 unspecified atom stereocenters. The fourth-order valence-electron chi connectivity index (χ4n) is 2.11. The van der Waals surface area contributed by atoms with Gasteiger partial charge >= 0.3 is 5.97 Å². The fraction of sp³-hybridized carbons (Fsp3) is 0.357. The molecule has 7 nitrogen and oxygen atoms in total.